The minimum absolute atomic E-state index is 0.0263. The molecule has 2 N–H and O–H groups in total. The molecule has 1 heterocycles. The summed E-state index contributed by atoms with van der Waals surface area (Å²) in [5.74, 6) is -0.107. The van der Waals surface area contributed by atoms with Crippen molar-refractivity contribution in [1.82, 2.24) is 0 Å². The van der Waals surface area contributed by atoms with Gasteiger partial charge in [0.2, 0.25) is 5.91 Å². The summed E-state index contributed by atoms with van der Waals surface area (Å²) >= 11 is 0. The van der Waals surface area contributed by atoms with Crippen LogP contribution in [0.2, 0.25) is 0 Å². The third-order valence-corrected chi connectivity index (χ3v) is 4.79. The van der Waals surface area contributed by atoms with Crippen LogP contribution in [0.3, 0.4) is 0 Å². The number of ether oxygens (including phenoxy) is 1. The first-order valence-corrected chi connectivity index (χ1v) is 9.80. The second-order valence-electron chi connectivity index (χ2n) is 7.15. The first-order valence-electron chi connectivity index (χ1n) is 9.80. The normalized spacial score (nSPS) is 12.5. The molecule has 1 aliphatic rings. The number of carbonyl (C=O) groups is 3. The first-order chi connectivity index (χ1) is 15.0. The molecule has 0 aliphatic carbocycles. The Morgan fingerprint density at radius 2 is 1.71 bits per heavy atom. The molecule has 0 saturated heterocycles. The van der Waals surface area contributed by atoms with E-state index in [1.165, 1.54) is 6.92 Å². The number of hydrogen-bond acceptors (Lipinski definition) is 4. The van der Waals surface area contributed by atoms with E-state index in [1.54, 1.807) is 47.4 Å². The molecule has 3 amide bonds. The smallest absolute Gasteiger partial charge is 0.265 e. The number of nitrogens with one attached hydrogen (secondary N) is 2. The second-order valence-corrected chi connectivity index (χ2v) is 7.15. The van der Waals surface area contributed by atoms with E-state index in [2.05, 4.69) is 10.6 Å². The van der Waals surface area contributed by atoms with E-state index in [-0.39, 0.29) is 24.3 Å². The van der Waals surface area contributed by atoms with Gasteiger partial charge in [-0.3, -0.25) is 14.4 Å². The van der Waals surface area contributed by atoms with E-state index in [0.29, 0.717) is 34.9 Å². The summed E-state index contributed by atoms with van der Waals surface area (Å²) in [7, 11) is 0. The lowest BCUT2D eigenvalue weighted by Gasteiger charge is -2.30. The molecule has 1 aliphatic heterocycles. The lowest BCUT2D eigenvalue weighted by atomic mass is 10.1. The highest BCUT2D eigenvalue weighted by Crippen LogP contribution is 2.35. The number of carbonyl (C=O) groups excluding carboxylic acids is 3. The quantitative estimate of drug-likeness (QED) is 0.663. The minimum atomic E-state index is -0.329. The monoisotopic (exact) mass is 415 g/mol. The molecule has 0 saturated carbocycles. The summed E-state index contributed by atoms with van der Waals surface area (Å²) in [5.41, 5.74) is 3.07. The zero-order chi connectivity index (χ0) is 21.8. The molecule has 0 bridgehead atoms. The van der Waals surface area contributed by atoms with E-state index < -0.39 is 0 Å². The van der Waals surface area contributed by atoms with Gasteiger partial charge in [-0.2, -0.15) is 0 Å². The van der Waals surface area contributed by atoms with Crippen LogP contribution in [0.25, 0.3) is 0 Å². The molecule has 4 rings (SSSR count). The topological polar surface area (TPSA) is 87.7 Å². The van der Waals surface area contributed by atoms with Crippen LogP contribution in [0.1, 0.15) is 22.8 Å². The molecular weight excluding hydrogens is 394 g/mol. The largest absolute Gasteiger partial charge is 0.482 e. The Balaban J connectivity index is 1.56. The molecule has 3 aromatic carbocycles. The number of rotatable bonds is 5. The van der Waals surface area contributed by atoms with Crippen molar-refractivity contribution in [1.29, 1.82) is 0 Å². The Kier molecular flexibility index (Phi) is 5.66. The van der Waals surface area contributed by atoms with Gasteiger partial charge in [0.15, 0.2) is 6.61 Å². The maximum absolute atomic E-state index is 12.7. The zero-order valence-corrected chi connectivity index (χ0v) is 16.9. The Bertz CT molecular complexity index is 1140. The summed E-state index contributed by atoms with van der Waals surface area (Å²) < 4.78 is 5.56. The van der Waals surface area contributed by atoms with Gasteiger partial charge in [0.25, 0.3) is 11.8 Å². The lowest BCUT2D eigenvalue weighted by molar-refractivity contribution is -0.121. The maximum Gasteiger partial charge on any atom is 0.265 e. The number of amides is 3. The van der Waals surface area contributed by atoms with E-state index in [9.17, 15) is 14.4 Å². The maximum atomic E-state index is 12.7. The molecule has 0 atom stereocenters. The number of benzene rings is 3. The van der Waals surface area contributed by atoms with E-state index >= 15 is 0 Å². The lowest BCUT2D eigenvalue weighted by Crippen LogP contribution is -2.38. The molecule has 156 valence electrons. The zero-order valence-electron chi connectivity index (χ0n) is 16.9. The van der Waals surface area contributed by atoms with Crippen LogP contribution < -0.4 is 20.3 Å². The van der Waals surface area contributed by atoms with Crippen LogP contribution in [0.15, 0.2) is 72.8 Å². The van der Waals surface area contributed by atoms with E-state index in [0.717, 1.165) is 5.56 Å². The van der Waals surface area contributed by atoms with E-state index in [1.807, 2.05) is 30.3 Å². The number of hydrogen-bond donors (Lipinski definition) is 2. The molecule has 0 radical (unpaired) electrons. The van der Waals surface area contributed by atoms with Crippen molar-refractivity contribution >= 4 is 34.8 Å². The van der Waals surface area contributed by atoms with Crippen LogP contribution in [0.5, 0.6) is 5.75 Å². The van der Waals surface area contributed by atoms with Gasteiger partial charge in [0.05, 0.1) is 12.2 Å². The van der Waals surface area contributed by atoms with Crippen molar-refractivity contribution in [3.63, 3.8) is 0 Å². The van der Waals surface area contributed by atoms with Crippen molar-refractivity contribution in [3.05, 3.63) is 83.9 Å². The van der Waals surface area contributed by atoms with Crippen LogP contribution in [-0.2, 0) is 16.1 Å². The van der Waals surface area contributed by atoms with Gasteiger partial charge in [-0.25, -0.2) is 0 Å². The molecule has 31 heavy (non-hydrogen) atoms. The van der Waals surface area contributed by atoms with Gasteiger partial charge in [0, 0.05) is 23.9 Å². The van der Waals surface area contributed by atoms with Crippen molar-refractivity contribution in [2.45, 2.75) is 13.5 Å². The molecule has 3 aromatic rings. The first kappa shape index (κ1) is 20.2. The highest BCUT2D eigenvalue weighted by Gasteiger charge is 2.26. The summed E-state index contributed by atoms with van der Waals surface area (Å²) in [4.78, 5) is 38.2. The van der Waals surface area contributed by atoms with Crippen LogP contribution in [0.4, 0.5) is 17.1 Å². The Hall–Kier alpha value is -4.13. The van der Waals surface area contributed by atoms with Crippen molar-refractivity contribution < 1.29 is 19.1 Å². The predicted molar refractivity (Wildman–Crippen MR) is 118 cm³/mol. The summed E-state index contributed by atoms with van der Waals surface area (Å²) in [5, 5.41) is 5.50. The molecular formula is C24H21N3O4. The Labute approximate surface area is 179 Å². The number of anilines is 3. The predicted octanol–water partition coefficient (Wildman–Crippen LogP) is 3.82. The van der Waals surface area contributed by atoms with Crippen molar-refractivity contribution in [2.75, 3.05) is 22.1 Å². The van der Waals surface area contributed by atoms with Gasteiger partial charge in [-0.15, -0.1) is 0 Å². The fourth-order valence-corrected chi connectivity index (χ4v) is 3.36. The average molecular weight is 415 g/mol. The summed E-state index contributed by atoms with van der Waals surface area (Å²) in [6.45, 7) is 1.79. The third kappa shape index (κ3) is 4.72. The number of fused-ring (bicyclic) bond motifs is 1. The van der Waals surface area contributed by atoms with Gasteiger partial charge in [0.1, 0.15) is 5.75 Å². The van der Waals surface area contributed by atoms with Gasteiger partial charge in [-0.1, -0.05) is 36.4 Å². The Morgan fingerprint density at radius 3 is 2.48 bits per heavy atom. The fraction of sp³-hybridized carbons (Fsp3) is 0.125. The summed E-state index contributed by atoms with van der Waals surface area (Å²) in [6, 6.07) is 21.5. The average Bonchev–Trinajstić information content (AvgIpc) is 2.76. The molecule has 0 unspecified atom stereocenters. The van der Waals surface area contributed by atoms with Crippen LogP contribution in [-0.4, -0.2) is 24.3 Å². The van der Waals surface area contributed by atoms with E-state index in [4.69, 9.17) is 4.74 Å². The van der Waals surface area contributed by atoms with Crippen LogP contribution in [0, 0.1) is 0 Å². The molecule has 0 aromatic heterocycles. The van der Waals surface area contributed by atoms with Crippen molar-refractivity contribution in [2.24, 2.45) is 0 Å². The van der Waals surface area contributed by atoms with Crippen LogP contribution >= 0.6 is 0 Å². The molecule has 7 heteroatoms. The third-order valence-electron chi connectivity index (χ3n) is 4.79. The van der Waals surface area contributed by atoms with Gasteiger partial charge < -0.3 is 20.3 Å². The molecule has 0 spiro atoms. The van der Waals surface area contributed by atoms with Gasteiger partial charge >= 0.3 is 0 Å². The SMILES string of the molecule is CC(=O)Nc1cccc(C(=O)Nc2ccc3c(c2)N(Cc2ccccc2)C(=O)CO3)c1. The summed E-state index contributed by atoms with van der Waals surface area (Å²) in [6.07, 6.45) is 0. The molecule has 7 nitrogen and oxygen atoms in total. The highest BCUT2D eigenvalue weighted by atomic mass is 16.5. The minimum Gasteiger partial charge on any atom is -0.482 e. The molecule has 0 fully saturated rings. The second kappa shape index (κ2) is 8.71. The van der Waals surface area contributed by atoms with Crippen molar-refractivity contribution in [3.8, 4) is 5.75 Å². The highest BCUT2D eigenvalue weighted by molar-refractivity contribution is 6.06. The number of nitrogens with zero attached hydrogens (tertiary/aromatic N) is 1. The van der Waals surface area contributed by atoms with Gasteiger partial charge in [-0.05, 0) is 42.0 Å². The standard InChI is InChI=1S/C24H21N3O4/c1-16(28)25-19-9-5-8-18(12-19)24(30)26-20-10-11-22-21(13-20)27(23(29)15-31-22)14-17-6-3-2-4-7-17/h2-13H,14-15H2,1H3,(H,25,28)(H,26,30). The Morgan fingerprint density at radius 1 is 0.935 bits per heavy atom. The fourth-order valence-electron chi connectivity index (χ4n) is 3.36.